The van der Waals surface area contributed by atoms with E-state index >= 15 is 0 Å². The fourth-order valence-corrected chi connectivity index (χ4v) is 4.56. The number of carbonyl (C=O) groups is 1. The molecular formula is C28H34F5N7O2. The highest BCUT2D eigenvalue weighted by Gasteiger charge is 2.39. The molecule has 3 heterocycles. The Labute approximate surface area is 240 Å². The summed E-state index contributed by atoms with van der Waals surface area (Å²) < 4.78 is 74.3. The predicted molar refractivity (Wildman–Crippen MR) is 150 cm³/mol. The molecule has 0 saturated carbocycles. The molecule has 0 bridgehead atoms. The molecule has 228 valence electrons. The van der Waals surface area contributed by atoms with Gasteiger partial charge in [0.15, 0.2) is 11.5 Å². The van der Waals surface area contributed by atoms with Crippen LogP contribution < -0.4 is 20.4 Å². The van der Waals surface area contributed by atoms with Gasteiger partial charge in [-0.25, -0.2) is 18.6 Å². The van der Waals surface area contributed by atoms with Crippen molar-refractivity contribution in [1.29, 1.82) is 0 Å². The van der Waals surface area contributed by atoms with Crippen molar-refractivity contribution in [2.75, 3.05) is 60.2 Å². The van der Waals surface area contributed by atoms with E-state index in [1.165, 1.54) is 24.2 Å². The molecule has 0 unspecified atom stereocenters. The Balaban J connectivity index is 1.36. The minimum absolute atomic E-state index is 0.0137. The third kappa shape index (κ3) is 7.79. The van der Waals surface area contributed by atoms with E-state index in [9.17, 15) is 26.7 Å². The number of pyridine rings is 1. The van der Waals surface area contributed by atoms with Crippen LogP contribution in [0.4, 0.5) is 50.0 Å². The molecule has 1 aromatic carbocycles. The first-order valence-corrected chi connectivity index (χ1v) is 13.8. The molecule has 0 atom stereocenters. The van der Waals surface area contributed by atoms with Gasteiger partial charge in [-0.15, -0.1) is 0 Å². The van der Waals surface area contributed by atoms with E-state index in [2.05, 4.69) is 20.6 Å². The molecular weight excluding hydrogens is 561 g/mol. The highest BCUT2D eigenvalue weighted by Crippen LogP contribution is 2.35. The van der Waals surface area contributed by atoms with Crippen LogP contribution in [-0.4, -0.2) is 60.7 Å². The van der Waals surface area contributed by atoms with Crippen molar-refractivity contribution in [3.05, 3.63) is 59.6 Å². The lowest BCUT2D eigenvalue weighted by atomic mass is 10.1. The Morgan fingerprint density at radius 2 is 1.76 bits per heavy atom. The molecule has 2 N–H and O–H groups in total. The zero-order valence-corrected chi connectivity index (χ0v) is 23.5. The summed E-state index contributed by atoms with van der Waals surface area (Å²) in [5.41, 5.74) is -1.07. The van der Waals surface area contributed by atoms with Crippen LogP contribution in [0.15, 0.2) is 40.9 Å². The Hall–Kier alpha value is -4.10. The van der Waals surface area contributed by atoms with Crippen LogP contribution in [0.5, 0.6) is 0 Å². The van der Waals surface area contributed by atoms with Crippen molar-refractivity contribution in [2.24, 2.45) is 0 Å². The molecule has 1 aliphatic rings. The number of nitrogens with zero attached hydrogens (tertiary/aromatic N) is 5. The minimum Gasteiger partial charge on any atom is -0.426 e. The number of hydrogen-bond acceptors (Lipinski definition) is 7. The van der Waals surface area contributed by atoms with Gasteiger partial charge in [0.05, 0.1) is 18.4 Å². The highest BCUT2D eigenvalue weighted by molar-refractivity contribution is 5.89. The van der Waals surface area contributed by atoms with Gasteiger partial charge in [-0.2, -0.15) is 18.2 Å². The summed E-state index contributed by atoms with van der Waals surface area (Å²) in [7, 11) is 1.51. The molecule has 2 amide bonds. The van der Waals surface area contributed by atoms with Crippen LogP contribution >= 0.6 is 0 Å². The SMILES string of the molecule is CCCN(CCN(C)C(=O)Nc1c(F)cccc1F)c1ccc(NCc2oc(N3CCCCC3)nc2C(F)(F)F)cn1. The summed E-state index contributed by atoms with van der Waals surface area (Å²) in [5.74, 6) is -1.44. The van der Waals surface area contributed by atoms with Crippen molar-refractivity contribution in [1.82, 2.24) is 14.9 Å². The molecule has 4 rings (SSSR count). The lowest BCUT2D eigenvalue weighted by molar-refractivity contribution is -0.141. The summed E-state index contributed by atoms with van der Waals surface area (Å²) in [5, 5.41) is 5.18. The second-order valence-corrected chi connectivity index (χ2v) is 10.0. The van der Waals surface area contributed by atoms with Gasteiger partial charge in [-0.1, -0.05) is 13.0 Å². The number of rotatable bonds is 11. The van der Waals surface area contributed by atoms with Crippen molar-refractivity contribution >= 4 is 29.2 Å². The van der Waals surface area contributed by atoms with Crippen LogP contribution in [-0.2, 0) is 12.7 Å². The first kappa shape index (κ1) is 30.8. The number of piperidine rings is 1. The second kappa shape index (κ2) is 13.7. The number of alkyl halides is 3. The summed E-state index contributed by atoms with van der Waals surface area (Å²) in [6.45, 7) is 4.19. The van der Waals surface area contributed by atoms with Gasteiger partial charge in [-0.05, 0) is 49.9 Å². The molecule has 42 heavy (non-hydrogen) atoms. The summed E-state index contributed by atoms with van der Waals surface area (Å²) in [4.78, 5) is 25.7. The number of aromatic nitrogens is 2. The van der Waals surface area contributed by atoms with E-state index in [1.807, 2.05) is 11.8 Å². The maximum atomic E-state index is 13.9. The van der Waals surface area contributed by atoms with Gasteiger partial charge in [0, 0.05) is 39.8 Å². The van der Waals surface area contributed by atoms with Crippen LogP contribution in [0, 0.1) is 11.6 Å². The summed E-state index contributed by atoms with van der Waals surface area (Å²) >= 11 is 0. The largest absolute Gasteiger partial charge is 0.437 e. The Bertz CT molecular complexity index is 1310. The number of oxazole rings is 1. The van der Waals surface area contributed by atoms with E-state index in [1.54, 1.807) is 17.0 Å². The molecule has 0 radical (unpaired) electrons. The number of halogens is 5. The van der Waals surface area contributed by atoms with Gasteiger partial charge in [0.2, 0.25) is 0 Å². The van der Waals surface area contributed by atoms with Crippen LogP contribution in [0.3, 0.4) is 0 Å². The molecule has 9 nitrogen and oxygen atoms in total. The normalized spacial score (nSPS) is 13.6. The summed E-state index contributed by atoms with van der Waals surface area (Å²) in [6.07, 6.45) is 0.417. The Kier molecular flexibility index (Phi) is 10.1. The number of likely N-dealkylation sites (N-methyl/N-ethyl adjacent to an activating group) is 1. The van der Waals surface area contributed by atoms with Gasteiger partial charge in [0.25, 0.3) is 6.01 Å². The van der Waals surface area contributed by atoms with Crippen LogP contribution in [0.1, 0.15) is 44.1 Å². The number of anilines is 4. The van der Waals surface area contributed by atoms with Crippen molar-refractivity contribution in [3.8, 4) is 0 Å². The molecule has 14 heteroatoms. The van der Waals surface area contributed by atoms with Gasteiger partial charge >= 0.3 is 12.2 Å². The Morgan fingerprint density at radius 3 is 2.38 bits per heavy atom. The van der Waals surface area contributed by atoms with Crippen LogP contribution in [0.25, 0.3) is 0 Å². The minimum atomic E-state index is -4.65. The lowest BCUT2D eigenvalue weighted by Crippen LogP contribution is -2.39. The predicted octanol–water partition coefficient (Wildman–Crippen LogP) is 6.35. The lowest BCUT2D eigenvalue weighted by Gasteiger charge is -2.26. The smallest absolute Gasteiger partial charge is 0.426 e. The number of nitrogens with one attached hydrogen (secondary N) is 2. The van der Waals surface area contributed by atoms with E-state index in [4.69, 9.17) is 4.42 Å². The number of para-hydroxylation sites is 1. The molecule has 0 aliphatic carbocycles. The van der Waals surface area contributed by atoms with Crippen molar-refractivity contribution < 1.29 is 31.2 Å². The monoisotopic (exact) mass is 595 g/mol. The molecule has 0 spiro atoms. The zero-order chi connectivity index (χ0) is 30.3. The third-order valence-electron chi connectivity index (χ3n) is 6.85. The van der Waals surface area contributed by atoms with E-state index in [0.717, 1.165) is 37.8 Å². The third-order valence-corrected chi connectivity index (χ3v) is 6.85. The molecule has 1 aliphatic heterocycles. The first-order valence-electron chi connectivity index (χ1n) is 13.8. The number of carbonyl (C=O) groups excluding carboxylic acids is 1. The maximum absolute atomic E-state index is 13.9. The van der Waals surface area contributed by atoms with Gasteiger partial charge in [-0.3, -0.25) is 0 Å². The average molecular weight is 596 g/mol. The van der Waals surface area contributed by atoms with Gasteiger partial charge in [0.1, 0.15) is 23.1 Å². The topological polar surface area (TPSA) is 89.8 Å². The fourth-order valence-electron chi connectivity index (χ4n) is 4.56. The second-order valence-electron chi connectivity index (χ2n) is 10.0. The van der Waals surface area contributed by atoms with Crippen molar-refractivity contribution in [2.45, 2.75) is 45.3 Å². The van der Waals surface area contributed by atoms with E-state index < -0.39 is 35.2 Å². The fraction of sp³-hybridized carbons (Fsp3) is 0.464. The zero-order valence-electron chi connectivity index (χ0n) is 23.5. The number of amides is 2. The first-order chi connectivity index (χ1) is 20.1. The maximum Gasteiger partial charge on any atom is 0.437 e. The number of urea groups is 1. The van der Waals surface area contributed by atoms with Crippen LogP contribution in [0.2, 0.25) is 0 Å². The van der Waals surface area contributed by atoms with Gasteiger partial charge < -0.3 is 29.8 Å². The van der Waals surface area contributed by atoms with Crippen molar-refractivity contribution in [3.63, 3.8) is 0 Å². The quantitative estimate of drug-likeness (QED) is 0.250. The summed E-state index contributed by atoms with van der Waals surface area (Å²) in [6, 6.07) is 6.05. The van der Waals surface area contributed by atoms with E-state index in [-0.39, 0.29) is 24.9 Å². The Morgan fingerprint density at radius 1 is 1.05 bits per heavy atom. The highest BCUT2D eigenvalue weighted by atomic mass is 19.4. The molecule has 2 aromatic heterocycles. The molecule has 1 fully saturated rings. The number of hydrogen-bond donors (Lipinski definition) is 2. The molecule has 3 aromatic rings. The average Bonchev–Trinajstić information content (AvgIpc) is 3.42. The number of benzene rings is 1. The van der Waals surface area contributed by atoms with E-state index in [0.29, 0.717) is 37.7 Å². The standard InChI is InChI=1S/C28H34F5N7O2/c1-3-12-39(16-15-38(2)26(41)36-24-20(29)8-7-9-21(24)30)23-11-10-19(17-35-23)34-18-22-25(28(31,32)33)37-27(42-22)40-13-5-4-6-14-40/h7-11,17,34H,3-6,12-16,18H2,1-2H3,(H,36,41). The molecule has 1 saturated heterocycles.